The van der Waals surface area contributed by atoms with E-state index in [2.05, 4.69) is 6.92 Å². The quantitative estimate of drug-likeness (QED) is 0.620. The first kappa shape index (κ1) is 15.4. The Morgan fingerprint density at radius 2 is 2.06 bits per heavy atom. The van der Waals surface area contributed by atoms with Gasteiger partial charge in [0.15, 0.2) is 0 Å². The number of unbranched alkanes of at least 4 members (excludes halogenated alkanes) is 1. The van der Waals surface area contributed by atoms with Gasteiger partial charge in [-0.15, -0.1) is 0 Å². The molecule has 0 radical (unpaired) electrons. The molecule has 0 aliphatic rings. The van der Waals surface area contributed by atoms with Crippen LogP contribution in [0.25, 0.3) is 0 Å². The summed E-state index contributed by atoms with van der Waals surface area (Å²) in [7, 11) is 0. The smallest absolute Gasteiger partial charge is 0.222 e. The van der Waals surface area contributed by atoms with E-state index in [1.54, 1.807) is 4.90 Å². The third-order valence-electron chi connectivity index (χ3n) is 2.88. The fourth-order valence-corrected chi connectivity index (χ4v) is 1.60. The molecule has 0 saturated heterocycles. The molecule has 1 unspecified atom stereocenters. The summed E-state index contributed by atoms with van der Waals surface area (Å²) in [5.41, 5.74) is 5.59. The van der Waals surface area contributed by atoms with Gasteiger partial charge in [-0.05, 0) is 18.9 Å². The number of carbonyl (C=O) groups excluding carboxylic acids is 1. The predicted molar refractivity (Wildman–Crippen MR) is 66.0 cm³/mol. The number of aliphatic hydroxyl groups is 1. The molecule has 0 heterocycles. The molecule has 0 bridgehead atoms. The van der Waals surface area contributed by atoms with Gasteiger partial charge in [-0.25, -0.2) is 0 Å². The molecule has 4 heteroatoms. The molecule has 0 aliphatic heterocycles. The number of hydrogen-bond donors (Lipinski definition) is 2. The van der Waals surface area contributed by atoms with Gasteiger partial charge in [0.05, 0.1) is 6.61 Å². The Balaban J connectivity index is 4.13. The van der Waals surface area contributed by atoms with Crippen LogP contribution in [0, 0.1) is 5.92 Å². The molecule has 0 aromatic rings. The maximum absolute atomic E-state index is 11.9. The van der Waals surface area contributed by atoms with Gasteiger partial charge in [0.25, 0.3) is 0 Å². The van der Waals surface area contributed by atoms with Crippen molar-refractivity contribution >= 4 is 5.91 Å². The van der Waals surface area contributed by atoms with Crippen LogP contribution in [0.2, 0.25) is 0 Å². The first-order valence-corrected chi connectivity index (χ1v) is 6.28. The first-order chi connectivity index (χ1) is 7.69. The SMILES string of the molecule is CCCCN(CCO)C(=O)CC(CC)CN. The van der Waals surface area contributed by atoms with Gasteiger partial charge < -0.3 is 15.7 Å². The average molecular weight is 230 g/mol. The Morgan fingerprint density at radius 3 is 2.50 bits per heavy atom. The van der Waals surface area contributed by atoms with E-state index < -0.39 is 0 Å². The lowest BCUT2D eigenvalue weighted by molar-refractivity contribution is -0.132. The van der Waals surface area contributed by atoms with E-state index in [0.29, 0.717) is 19.5 Å². The summed E-state index contributed by atoms with van der Waals surface area (Å²) in [5, 5.41) is 8.91. The Hall–Kier alpha value is -0.610. The van der Waals surface area contributed by atoms with Gasteiger partial charge in [0.2, 0.25) is 5.91 Å². The standard InChI is InChI=1S/C12H26N2O2/c1-3-5-6-14(7-8-15)12(16)9-11(4-2)10-13/h11,15H,3-10,13H2,1-2H3. The van der Waals surface area contributed by atoms with E-state index in [-0.39, 0.29) is 18.4 Å². The van der Waals surface area contributed by atoms with Crippen molar-refractivity contribution in [3.05, 3.63) is 0 Å². The van der Waals surface area contributed by atoms with Crippen LogP contribution < -0.4 is 5.73 Å². The summed E-state index contributed by atoms with van der Waals surface area (Å²) in [6.45, 7) is 5.93. The van der Waals surface area contributed by atoms with E-state index in [1.165, 1.54) is 0 Å². The monoisotopic (exact) mass is 230 g/mol. The van der Waals surface area contributed by atoms with Crippen molar-refractivity contribution < 1.29 is 9.90 Å². The van der Waals surface area contributed by atoms with Crippen molar-refractivity contribution in [1.29, 1.82) is 0 Å². The van der Waals surface area contributed by atoms with Crippen molar-refractivity contribution in [3.8, 4) is 0 Å². The number of carbonyl (C=O) groups is 1. The molecule has 16 heavy (non-hydrogen) atoms. The van der Waals surface area contributed by atoms with Crippen LogP contribution in [-0.2, 0) is 4.79 Å². The zero-order chi connectivity index (χ0) is 12.4. The second-order valence-electron chi connectivity index (χ2n) is 4.17. The van der Waals surface area contributed by atoms with Crippen LogP contribution in [0.1, 0.15) is 39.5 Å². The third-order valence-corrected chi connectivity index (χ3v) is 2.88. The maximum atomic E-state index is 11.9. The highest BCUT2D eigenvalue weighted by Gasteiger charge is 2.16. The highest BCUT2D eigenvalue weighted by molar-refractivity contribution is 5.76. The van der Waals surface area contributed by atoms with Gasteiger partial charge in [-0.1, -0.05) is 26.7 Å². The highest BCUT2D eigenvalue weighted by atomic mass is 16.3. The molecular weight excluding hydrogens is 204 g/mol. The van der Waals surface area contributed by atoms with E-state index in [0.717, 1.165) is 25.8 Å². The van der Waals surface area contributed by atoms with Crippen LogP contribution in [0.4, 0.5) is 0 Å². The van der Waals surface area contributed by atoms with Crippen LogP contribution in [0.15, 0.2) is 0 Å². The molecular formula is C12H26N2O2. The number of rotatable bonds is 9. The second-order valence-corrected chi connectivity index (χ2v) is 4.17. The minimum absolute atomic E-state index is 0.0366. The normalized spacial score (nSPS) is 12.5. The lowest BCUT2D eigenvalue weighted by Gasteiger charge is -2.23. The molecule has 4 nitrogen and oxygen atoms in total. The zero-order valence-corrected chi connectivity index (χ0v) is 10.6. The minimum atomic E-state index is 0.0366. The van der Waals surface area contributed by atoms with E-state index >= 15 is 0 Å². The van der Waals surface area contributed by atoms with Crippen molar-refractivity contribution in [2.75, 3.05) is 26.2 Å². The zero-order valence-electron chi connectivity index (χ0n) is 10.6. The van der Waals surface area contributed by atoms with E-state index in [1.807, 2.05) is 6.92 Å². The molecule has 0 aromatic carbocycles. The van der Waals surface area contributed by atoms with Gasteiger partial charge in [-0.2, -0.15) is 0 Å². The van der Waals surface area contributed by atoms with Crippen LogP contribution in [0.5, 0.6) is 0 Å². The molecule has 0 aromatic heterocycles. The summed E-state index contributed by atoms with van der Waals surface area (Å²) < 4.78 is 0. The molecule has 96 valence electrons. The molecule has 1 amide bonds. The number of nitrogens with two attached hydrogens (primary N) is 1. The first-order valence-electron chi connectivity index (χ1n) is 6.28. The van der Waals surface area contributed by atoms with Crippen LogP contribution in [0.3, 0.4) is 0 Å². The third kappa shape index (κ3) is 6.08. The Bertz CT molecular complexity index is 182. The number of aliphatic hydroxyl groups excluding tert-OH is 1. The number of amides is 1. The molecule has 3 N–H and O–H groups in total. The number of nitrogens with zero attached hydrogens (tertiary/aromatic N) is 1. The van der Waals surface area contributed by atoms with Crippen LogP contribution in [-0.4, -0.2) is 42.2 Å². The summed E-state index contributed by atoms with van der Waals surface area (Å²) in [6, 6.07) is 0. The minimum Gasteiger partial charge on any atom is -0.395 e. The molecule has 0 rings (SSSR count). The van der Waals surface area contributed by atoms with Crippen molar-refractivity contribution in [3.63, 3.8) is 0 Å². The van der Waals surface area contributed by atoms with Gasteiger partial charge >= 0.3 is 0 Å². The molecule has 0 aliphatic carbocycles. The fourth-order valence-electron chi connectivity index (χ4n) is 1.60. The summed E-state index contributed by atoms with van der Waals surface area (Å²) >= 11 is 0. The maximum Gasteiger partial charge on any atom is 0.222 e. The fraction of sp³-hybridized carbons (Fsp3) is 0.917. The molecule has 0 fully saturated rings. The summed E-state index contributed by atoms with van der Waals surface area (Å²) in [5.74, 6) is 0.398. The Morgan fingerprint density at radius 1 is 1.38 bits per heavy atom. The van der Waals surface area contributed by atoms with Crippen molar-refractivity contribution in [2.45, 2.75) is 39.5 Å². The second kappa shape index (κ2) is 9.60. The lowest BCUT2D eigenvalue weighted by atomic mass is 10.0. The van der Waals surface area contributed by atoms with E-state index in [4.69, 9.17) is 10.8 Å². The molecule has 0 spiro atoms. The van der Waals surface area contributed by atoms with Crippen molar-refractivity contribution in [2.24, 2.45) is 11.7 Å². The predicted octanol–water partition coefficient (Wildman–Crippen LogP) is 0.982. The molecule has 0 saturated carbocycles. The topological polar surface area (TPSA) is 66.6 Å². The lowest BCUT2D eigenvalue weighted by Crippen LogP contribution is -2.36. The summed E-state index contributed by atoms with van der Waals surface area (Å²) in [4.78, 5) is 13.7. The highest BCUT2D eigenvalue weighted by Crippen LogP contribution is 2.09. The number of hydrogen-bond acceptors (Lipinski definition) is 3. The van der Waals surface area contributed by atoms with E-state index in [9.17, 15) is 4.79 Å². The van der Waals surface area contributed by atoms with Crippen LogP contribution >= 0.6 is 0 Å². The Kier molecular flexibility index (Phi) is 9.24. The average Bonchev–Trinajstić information content (AvgIpc) is 2.31. The van der Waals surface area contributed by atoms with Gasteiger partial charge in [-0.3, -0.25) is 4.79 Å². The largest absolute Gasteiger partial charge is 0.395 e. The van der Waals surface area contributed by atoms with Gasteiger partial charge in [0.1, 0.15) is 0 Å². The van der Waals surface area contributed by atoms with Crippen molar-refractivity contribution in [1.82, 2.24) is 4.90 Å². The summed E-state index contributed by atoms with van der Waals surface area (Å²) in [6.07, 6.45) is 3.49. The Labute approximate surface area is 98.8 Å². The van der Waals surface area contributed by atoms with Gasteiger partial charge in [0, 0.05) is 19.5 Å². The molecule has 1 atom stereocenters.